The summed E-state index contributed by atoms with van der Waals surface area (Å²) in [4.78, 5) is 16.9. The number of aromatic nitrogens is 3. The highest BCUT2D eigenvalue weighted by molar-refractivity contribution is 7.80. The van der Waals surface area contributed by atoms with Crippen molar-refractivity contribution in [2.75, 3.05) is 0 Å². The molecule has 0 bridgehead atoms. The van der Waals surface area contributed by atoms with E-state index in [0.717, 1.165) is 16.2 Å². The van der Waals surface area contributed by atoms with Gasteiger partial charge in [-0.1, -0.05) is 12.1 Å². The minimum Gasteiger partial charge on any atom is -0.315 e. The zero-order chi connectivity index (χ0) is 12.7. The van der Waals surface area contributed by atoms with Crippen LogP contribution in [0.5, 0.6) is 0 Å². The minimum absolute atomic E-state index is 0.0571. The smallest absolute Gasteiger partial charge is 0.276 e. The highest BCUT2D eigenvalue weighted by Gasteiger charge is 2.08. The molecule has 0 radical (unpaired) electrons. The monoisotopic (exact) mass is 257 g/mol. The molecular weight excluding hydrogens is 246 g/mol. The Kier molecular flexibility index (Phi) is 2.48. The van der Waals surface area contributed by atoms with Gasteiger partial charge in [-0.3, -0.25) is 9.20 Å². The van der Waals surface area contributed by atoms with Gasteiger partial charge in [0.25, 0.3) is 5.56 Å². The molecule has 18 heavy (non-hydrogen) atoms. The van der Waals surface area contributed by atoms with E-state index in [1.165, 1.54) is 0 Å². The first-order valence-corrected chi connectivity index (χ1v) is 5.92. The number of aryl methyl sites for hydroxylation is 1. The van der Waals surface area contributed by atoms with Crippen molar-refractivity contribution in [1.29, 1.82) is 0 Å². The summed E-state index contributed by atoms with van der Waals surface area (Å²) in [5, 5.41) is 0. The number of hydrogen-bond donors (Lipinski definition) is 1. The summed E-state index contributed by atoms with van der Waals surface area (Å²) in [6.07, 6.45) is 5.03. The number of nitrogens with zero attached hydrogens (tertiary/aromatic N) is 3. The molecule has 90 valence electrons. The predicted molar refractivity (Wildman–Crippen MR) is 73.1 cm³/mol. The van der Waals surface area contributed by atoms with Gasteiger partial charge in [0.1, 0.15) is 5.52 Å². The van der Waals surface area contributed by atoms with Gasteiger partial charge in [0, 0.05) is 23.7 Å². The summed E-state index contributed by atoms with van der Waals surface area (Å²) in [6, 6.07) is 7.80. The van der Waals surface area contributed by atoms with Gasteiger partial charge in [0.2, 0.25) is 0 Å². The van der Waals surface area contributed by atoms with E-state index in [1.54, 1.807) is 34.7 Å². The molecule has 0 aliphatic carbocycles. The fourth-order valence-electron chi connectivity index (χ4n) is 2.01. The third kappa shape index (κ3) is 1.64. The predicted octanol–water partition coefficient (Wildman–Crippen LogP) is 1.99. The first-order chi connectivity index (χ1) is 8.66. The molecular formula is C13H11N3OS. The quantitative estimate of drug-likeness (QED) is 0.677. The van der Waals surface area contributed by atoms with Crippen molar-refractivity contribution >= 4 is 18.1 Å². The zero-order valence-electron chi connectivity index (χ0n) is 9.74. The minimum atomic E-state index is -0.0571. The van der Waals surface area contributed by atoms with Crippen LogP contribution < -0.4 is 5.56 Å². The average molecular weight is 257 g/mol. The van der Waals surface area contributed by atoms with Gasteiger partial charge in [-0.25, -0.2) is 4.98 Å². The van der Waals surface area contributed by atoms with E-state index in [1.807, 2.05) is 24.3 Å². The molecule has 0 saturated heterocycles. The Labute approximate surface area is 109 Å². The number of benzene rings is 1. The molecule has 0 amide bonds. The van der Waals surface area contributed by atoms with E-state index >= 15 is 0 Å². The normalized spacial score (nSPS) is 11.0. The van der Waals surface area contributed by atoms with Crippen molar-refractivity contribution in [3.8, 4) is 11.3 Å². The number of thiol groups is 1. The first kappa shape index (κ1) is 11.1. The maximum absolute atomic E-state index is 11.9. The van der Waals surface area contributed by atoms with Crippen LogP contribution in [0.25, 0.3) is 16.8 Å². The lowest BCUT2D eigenvalue weighted by molar-refractivity contribution is 0.850. The summed E-state index contributed by atoms with van der Waals surface area (Å²) in [5.74, 6) is 0. The molecule has 2 aromatic heterocycles. The molecule has 2 heterocycles. The lowest BCUT2D eigenvalue weighted by Gasteiger charge is -2.08. The number of imidazole rings is 1. The Hall–Kier alpha value is -2.01. The molecule has 0 aliphatic heterocycles. The van der Waals surface area contributed by atoms with E-state index < -0.39 is 0 Å². The van der Waals surface area contributed by atoms with Crippen LogP contribution in [0.4, 0.5) is 0 Å². The topological polar surface area (TPSA) is 39.3 Å². The Morgan fingerprint density at radius 1 is 1.33 bits per heavy atom. The molecule has 0 atom stereocenters. The van der Waals surface area contributed by atoms with Crippen molar-refractivity contribution in [2.24, 2.45) is 7.05 Å². The van der Waals surface area contributed by atoms with Crippen molar-refractivity contribution < 1.29 is 0 Å². The second kappa shape index (κ2) is 4.03. The molecule has 0 saturated carbocycles. The molecule has 0 aliphatic rings. The Balaban J connectivity index is 2.39. The van der Waals surface area contributed by atoms with Gasteiger partial charge in [-0.15, -0.1) is 12.6 Å². The summed E-state index contributed by atoms with van der Waals surface area (Å²) < 4.78 is 3.36. The van der Waals surface area contributed by atoms with E-state index in [4.69, 9.17) is 0 Å². The zero-order valence-corrected chi connectivity index (χ0v) is 10.6. The first-order valence-electron chi connectivity index (χ1n) is 5.48. The van der Waals surface area contributed by atoms with Crippen LogP contribution in [-0.2, 0) is 7.05 Å². The lowest BCUT2D eigenvalue weighted by atomic mass is 10.1. The molecule has 0 fully saturated rings. The van der Waals surface area contributed by atoms with E-state index in [0.29, 0.717) is 5.52 Å². The van der Waals surface area contributed by atoms with E-state index in [2.05, 4.69) is 17.6 Å². The van der Waals surface area contributed by atoms with E-state index in [9.17, 15) is 4.79 Å². The average Bonchev–Trinajstić information content (AvgIpc) is 2.83. The molecule has 3 rings (SSSR count). The Bertz CT molecular complexity index is 788. The van der Waals surface area contributed by atoms with Crippen LogP contribution in [0, 0.1) is 0 Å². The molecule has 0 N–H and O–H groups in total. The number of fused-ring (bicyclic) bond motifs is 1. The van der Waals surface area contributed by atoms with Gasteiger partial charge in [0.15, 0.2) is 0 Å². The SMILES string of the molecule is Cn1cc(-c2cccc(S)c2)n2cncc2c1=O. The molecule has 0 unspecified atom stereocenters. The third-order valence-corrected chi connectivity index (χ3v) is 3.17. The summed E-state index contributed by atoms with van der Waals surface area (Å²) in [6.45, 7) is 0. The maximum atomic E-state index is 11.9. The Morgan fingerprint density at radius 2 is 2.17 bits per heavy atom. The van der Waals surface area contributed by atoms with Gasteiger partial charge < -0.3 is 4.57 Å². The summed E-state index contributed by atoms with van der Waals surface area (Å²) >= 11 is 4.34. The highest BCUT2D eigenvalue weighted by atomic mass is 32.1. The summed E-state index contributed by atoms with van der Waals surface area (Å²) in [7, 11) is 1.74. The molecule has 1 aromatic carbocycles. The standard InChI is InChI=1S/C13H11N3OS/c1-15-7-12(9-3-2-4-10(18)5-9)16-8-14-6-11(16)13(15)17/h2-8,18H,1H3. The van der Waals surface area contributed by atoms with Crippen LogP contribution in [-0.4, -0.2) is 14.0 Å². The van der Waals surface area contributed by atoms with E-state index in [-0.39, 0.29) is 5.56 Å². The van der Waals surface area contributed by atoms with Crippen LogP contribution >= 0.6 is 12.6 Å². The maximum Gasteiger partial charge on any atom is 0.276 e. The second-order valence-corrected chi connectivity index (χ2v) is 4.65. The van der Waals surface area contributed by atoms with Crippen LogP contribution in [0.2, 0.25) is 0 Å². The van der Waals surface area contributed by atoms with Crippen molar-refractivity contribution in [1.82, 2.24) is 14.0 Å². The lowest BCUT2D eigenvalue weighted by Crippen LogP contribution is -2.18. The van der Waals surface area contributed by atoms with Gasteiger partial charge in [-0.05, 0) is 12.1 Å². The molecule has 5 heteroatoms. The Morgan fingerprint density at radius 3 is 2.94 bits per heavy atom. The summed E-state index contributed by atoms with van der Waals surface area (Å²) in [5.41, 5.74) is 2.43. The van der Waals surface area contributed by atoms with Crippen molar-refractivity contribution in [3.05, 3.63) is 53.3 Å². The number of hydrogen-bond acceptors (Lipinski definition) is 3. The van der Waals surface area contributed by atoms with Gasteiger partial charge in [-0.2, -0.15) is 0 Å². The van der Waals surface area contributed by atoms with Gasteiger partial charge >= 0.3 is 0 Å². The molecule has 0 spiro atoms. The fraction of sp³-hybridized carbons (Fsp3) is 0.0769. The van der Waals surface area contributed by atoms with Crippen LogP contribution in [0.15, 0.2) is 52.7 Å². The highest BCUT2D eigenvalue weighted by Crippen LogP contribution is 2.21. The second-order valence-electron chi connectivity index (χ2n) is 4.13. The largest absolute Gasteiger partial charge is 0.315 e. The van der Waals surface area contributed by atoms with Crippen LogP contribution in [0.1, 0.15) is 0 Å². The van der Waals surface area contributed by atoms with Crippen molar-refractivity contribution in [3.63, 3.8) is 0 Å². The fourth-order valence-corrected chi connectivity index (χ4v) is 2.23. The molecule has 4 nitrogen and oxygen atoms in total. The van der Waals surface area contributed by atoms with Crippen molar-refractivity contribution in [2.45, 2.75) is 4.90 Å². The van der Waals surface area contributed by atoms with Crippen LogP contribution in [0.3, 0.4) is 0 Å². The van der Waals surface area contributed by atoms with Gasteiger partial charge in [0.05, 0.1) is 18.2 Å². The number of rotatable bonds is 1. The third-order valence-electron chi connectivity index (χ3n) is 2.90. The molecule has 3 aromatic rings.